The van der Waals surface area contributed by atoms with Gasteiger partial charge in [-0.25, -0.2) is 4.98 Å². The monoisotopic (exact) mass is 349 g/mol. The van der Waals surface area contributed by atoms with Gasteiger partial charge >= 0.3 is 0 Å². The molecule has 0 aliphatic carbocycles. The Hall–Kier alpha value is -3.09. The lowest BCUT2D eigenvalue weighted by atomic mass is 10.1. The van der Waals surface area contributed by atoms with E-state index in [0.717, 1.165) is 31.2 Å². The quantitative estimate of drug-likeness (QED) is 0.721. The maximum Gasteiger partial charge on any atom is 0.274 e. The molecule has 1 aromatic carbocycles. The van der Waals surface area contributed by atoms with Crippen molar-refractivity contribution in [3.8, 4) is 11.5 Å². The second-order valence-corrected chi connectivity index (χ2v) is 6.28. The molecule has 7 heteroatoms. The summed E-state index contributed by atoms with van der Waals surface area (Å²) in [5.74, 6) is 0.871. The normalized spacial score (nSPS) is 17.7. The maximum absolute atomic E-state index is 13.0. The highest BCUT2D eigenvalue weighted by Crippen LogP contribution is 2.30. The molecule has 26 heavy (non-hydrogen) atoms. The first-order chi connectivity index (χ1) is 12.8. The summed E-state index contributed by atoms with van der Waals surface area (Å²) in [5.41, 5.74) is 1.21. The average molecular weight is 349 g/mol. The Morgan fingerprint density at radius 1 is 1.12 bits per heavy atom. The molecule has 0 saturated carbocycles. The number of carbonyl (C=O) groups excluding carboxylic acids is 1. The zero-order valence-corrected chi connectivity index (χ0v) is 14.3. The van der Waals surface area contributed by atoms with Crippen LogP contribution in [0.4, 0.5) is 0 Å². The largest absolute Gasteiger partial charge is 0.334 e. The third-order valence-electron chi connectivity index (χ3n) is 4.56. The van der Waals surface area contributed by atoms with Crippen molar-refractivity contribution in [1.82, 2.24) is 25.0 Å². The summed E-state index contributed by atoms with van der Waals surface area (Å²) in [6, 6.07) is 9.42. The van der Waals surface area contributed by atoms with E-state index in [0.29, 0.717) is 24.0 Å². The molecule has 4 rings (SSSR count). The van der Waals surface area contributed by atoms with Crippen molar-refractivity contribution in [2.24, 2.45) is 0 Å². The first-order valence-electron chi connectivity index (χ1n) is 8.79. The van der Waals surface area contributed by atoms with Gasteiger partial charge in [-0.3, -0.25) is 9.78 Å². The van der Waals surface area contributed by atoms with E-state index in [2.05, 4.69) is 20.1 Å². The Kier molecular flexibility index (Phi) is 4.68. The average Bonchev–Trinajstić information content (AvgIpc) is 3.07. The molecular weight excluding hydrogens is 330 g/mol. The first-order valence-corrected chi connectivity index (χ1v) is 8.79. The van der Waals surface area contributed by atoms with Crippen LogP contribution in [0.15, 0.2) is 53.4 Å². The minimum atomic E-state index is -0.215. The van der Waals surface area contributed by atoms with Gasteiger partial charge in [-0.2, -0.15) is 4.98 Å². The highest BCUT2D eigenvalue weighted by atomic mass is 16.5. The smallest absolute Gasteiger partial charge is 0.274 e. The van der Waals surface area contributed by atoms with E-state index in [1.165, 1.54) is 12.4 Å². The van der Waals surface area contributed by atoms with Gasteiger partial charge in [-0.05, 0) is 25.0 Å². The number of nitrogens with zero attached hydrogens (tertiary/aromatic N) is 5. The Bertz CT molecular complexity index is 866. The molecule has 1 fully saturated rings. The van der Waals surface area contributed by atoms with Crippen molar-refractivity contribution >= 4 is 5.91 Å². The molecule has 0 unspecified atom stereocenters. The van der Waals surface area contributed by atoms with Gasteiger partial charge in [0.15, 0.2) is 5.82 Å². The van der Waals surface area contributed by atoms with Crippen molar-refractivity contribution in [3.05, 3.63) is 60.4 Å². The standard InChI is InChI=1S/C19H19N5O2/c25-19(15-13-20-10-11-21-15)24-12-6-2-5-9-16(24)17-22-18(26-23-17)14-7-3-1-4-8-14/h1,3-4,7-8,10-11,13,16H,2,5-6,9,12H2/t16-/m1/s1. The fraction of sp³-hybridized carbons (Fsp3) is 0.316. The second-order valence-electron chi connectivity index (χ2n) is 6.28. The van der Waals surface area contributed by atoms with E-state index in [9.17, 15) is 4.79 Å². The molecule has 1 amide bonds. The molecular formula is C19H19N5O2. The summed E-state index contributed by atoms with van der Waals surface area (Å²) in [4.78, 5) is 27.5. The van der Waals surface area contributed by atoms with Crippen LogP contribution in [0.2, 0.25) is 0 Å². The van der Waals surface area contributed by atoms with Crippen LogP contribution in [-0.4, -0.2) is 37.5 Å². The lowest BCUT2D eigenvalue weighted by Crippen LogP contribution is -2.35. The molecule has 0 N–H and O–H groups in total. The van der Waals surface area contributed by atoms with Crippen LogP contribution in [0.5, 0.6) is 0 Å². The molecule has 1 aliphatic heterocycles. The van der Waals surface area contributed by atoms with Gasteiger partial charge in [0.25, 0.3) is 11.8 Å². The number of carbonyl (C=O) groups is 1. The second kappa shape index (κ2) is 7.43. The number of benzene rings is 1. The van der Waals surface area contributed by atoms with E-state index in [1.54, 1.807) is 11.1 Å². The number of aromatic nitrogens is 4. The van der Waals surface area contributed by atoms with Crippen LogP contribution < -0.4 is 0 Å². The topological polar surface area (TPSA) is 85.0 Å². The fourth-order valence-corrected chi connectivity index (χ4v) is 3.24. The Morgan fingerprint density at radius 3 is 2.81 bits per heavy atom. The van der Waals surface area contributed by atoms with Gasteiger partial charge < -0.3 is 9.42 Å². The van der Waals surface area contributed by atoms with Gasteiger partial charge in [0, 0.05) is 24.5 Å². The molecule has 1 saturated heterocycles. The number of likely N-dealkylation sites (tertiary alicyclic amines) is 1. The molecule has 1 aliphatic rings. The van der Waals surface area contributed by atoms with Crippen LogP contribution in [0.25, 0.3) is 11.5 Å². The molecule has 0 radical (unpaired) electrons. The highest BCUT2D eigenvalue weighted by molar-refractivity contribution is 5.92. The van der Waals surface area contributed by atoms with E-state index < -0.39 is 0 Å². The van der Waals surface area contributed by atoms with Crippen molar-refractivity contribution in [3.63, 3.8) is 0 Å². The third kappa shape index (κ3) is 3.33. The lowest BCUT2D eigenvalue weighted by Gasteiger charge is -2.27. The molecule has 3 aromatic rings. The number of hydrogen-bond donors (Lipinski definition) is 0. The summed E-state index contributed by atoms with van der Waals surface area (Å²) in [7, 11) is 0. The van der Waals surface area contributed by atoms with Crippen LogP contribution in [0, 0.1) is 0 Å². The zero-order valence-electron chi connectivity index (χ0n) is 14.3. The van der Waals surface area contributed by atoms with E-state index in [4.69, 9.17) is 4.52 Å². The van der Waals surface area contributed by atoms with E-state index in [-0.39, 0.29) is 11.9 Å². The predicted molar refractivity (Wildman–Crippen MR) is 94.0 cm³/mol. The van der Waals surface area contributed by atoms with Gasteiger partial charge in [0.05, 0.1) is 12.2 Å². The predicted octanol–water partition coefficient (Wildman–Crippen LogP) is 3.28. The Morgan fingerprint density at radius 2 is 2.00 bits per heavy atom. The molecule has 0 bridgehead atoms. The van der Waals surface area contributed by atoms with Gasteiger partial charge in [0.1, 0.15) is 5.69 Å². The first kappa shape index (κ1) is 16.4. The van der Waals surface area contributed by atoms with Gasteiger partial charge in [0.2, 0.25) is 0 Å². The Balaban J connectivity index is 1.64. The number of hydrogen-bond acceptors (Lipinski definition) is 6. The summed E-state index contributed by atoms with van der Waals surface area (Å²) in [6.07, 6.45) is 8.43. The van der Waals surface area contributed by atoms with Crippen molar-refractivity contribution in [2.45, 2.75) is 31.7 Å². The summed E-state index contributed by atoms with van der Waals surface area (Å²) in [6.45, 7) is 0.648. The zero-order chi connectivity index (χ0) is 17.8. The van der Waals surface area contributed by atoms with Crippen molar-refractivity contribution in [1.29, 1.82) is 0 Å². The molecule has 7 nitrogen and oxygen atoms in total. The van der Waals surface area contributed by atoms with Crippen LogP contribution >= 0.6 is 0 Å². The summed E-state index contributed by atoms with van der Waals surface area (Å²) in [5, 5.41) is 4.17. The molecule has 0 spiro atoms. The molecule has 132 valence electrons. The number of rotatable bonds is 3. The molecule has 3 heterocycles. The van der Waals surface area contributed by atoms with E-state index >= 15 is 0 Å². The maximum atomic E-state index is 13.0. The van der Waals surface area contributed by atoms with Gasteiger partial charge in [-0.1, -0.05) is 36.2 Å². The highest BCUT2D eigenvalue weighted by Gasteiger charge is 2.31. The summed E-state index contributed by atoms with van der Waals surface area (Å²) >= 11 is 0. The summed E-state index contributed by atoms with van der Waals surface area (Å²) < 4.78 is 5.45. The molecule has 2 aromatic heterocycles. The van der Waals surface area contributed by atoms with Crippen molar-refractivity contribution < 1.29 is 9.32 Å². The number of amides is 1. The minimum Gasteiger partial charge on any atom is -0.334 e. The van der Waals surface area contributed by atoms with Crippen LogP contribution in [-0.2, 0) is 0 Å². The van der Waals surface area contributed by atoms with Crippen molar-refractivity contribution in [2.75, 3.05) is 6.54 Å². The fourth-order valence-electron chi connectivity index (χ4n) is 3.24. The SMILES string of the molecule is O=C(c1cnccn1)N1CCCCC[C@@H]1c1noc(-c2ccccc2)n1. The molecule has 1 atom stereocenters. The third-order valence-corrected chi connectivity index (χ3v) is 4.56. The lowest BCUT2D eigenvalue weighted by molar-refractivity contribution is 0.0664. The van der Waals surface area contributed by atoms with Crippen LogP contribution in [0.1, 0.15) is 48.0 Å². The Labute approximate surface area is 151 Å². The minimum absolute atomic E-state index is 0.143. The van der Waals surface area contributed by atoms with Gasteiger partial charge in [-0.15, -0.1) is 0 Å². The van der Waals surface area contributed by atoms with E-state index in [1.807, 2.05) is 30.3 Å². The van der Waals surface area contributed by atoms with Crippen LogP contribution in [0.3, 0.4) is 0 Å².